The molecule has 0 aliphatic heterocycles. The highest BCUT2D eigenvalue weighted by Crippen LogP contribution is 2.31. The summed E-state index contributed by atoms with van der Waals surface area (Å²) < 4.78 is 2.41. The molecule has 2 nitrogen and oxygen atoms in total. The molecule has 3 rings (SSSR count). The van der Waals surface area contributed by atoms with Crippen LogP contribution in [0.3, 0.4) is 0 Å². The van der Waals surface area contributed by atoms with E-state index in [4.69, 9.17) is 0 Å². The molecule has 0 saturated carbocycles. The van der Waals surface area contributed by atoms with Gasteiger partial charge < -0.3 is 9.47 Å². The Morgan fingerprint density at radius 2 is 1.81 bits per heavy atom. The number of likely N-dealkylation sites (N-methyl/N-ethyl adjacent to an activating group) is 1. The Kier molecular flexibility index (Phi) is 4.77. The molecule has 116 valence electrons. The smallest absolute Gasteiger partial charge is 0.0483 e. The third-order valence-electron chi connectivity index (χ3n) is 4.80. The molecule has 21 heavy (non-hydrogen) atoms. The normalized spacial score (nSPS) is 14.2. The van der Waals surface area contributed by atoms with Gasteiger partial charge in [-0.3, -0.25) is 0 Å². The number of aromatic nitrogens is 1. The van der Waals surface area contributed by atoms with Crippen molar-refractivity contribution in [3.8, 4) is 0 Å². The fourth-order valence-electron chi connectivity index (χ4n) is 3.06. The van der Waals surface area contributed by atoms with Crippen LogP contribution in [0.2, 0.25) is 0 Å². The minimum absolute atomic E-state index is 0.172. The zero-order valence-corrected chi connectivity index (χ0v) is 14.5. The van der Waals surface area contributed by atoms with Gasteiger partial charge in [0.1, 0.15) is 0 Å². The minimum atomic E-state index is 0.172. The maximum absolute atomic E-state index is 2.41. The quantitative estimate of drug-likeness (QED) is 0.806. The second-order valence-corrected chi connectivity index (χ2v) is 6.64. The molecule has 1 aromatic heterocycles. The topological polar surface area (TPSA) is 8.17 Å². The van der Waals surface area contributed by atoms with E-state index in [1.807, 2.05) is 13.8 Å². The van der Waals surface area contributed by atoms with E-state index in [-0.39, 0.29) is 5.54 Å². The second kappa shape index (κ2) is 6.23. The summed E-state index contributed by atoms with van der Waals surface area (Å²) >= 11 is 0. The van der Waals surface area contributed by atoms with E-state index in [9.17, 15) is 0 Å². The Morgan fingerprint density at radius 1 is 1.10 bits per heavy atom. The van der Waals surface area contributed by atoms with Gasteiger partial charge in [0.25, 0.3) is 0 Å². The fraction of sp³-hybridized carbons (Fsp3) is 0.579. The molecule has 0 bridgehead atoms. The zero-order chi connectivity index (χ0) is 15.6. The first kappa shape index (κ1) is 16.1. The van der Waals surface area contributed by atoms with Crippen molar-refractivity contribution < 1.29 is 0 Å². The molecule has 1 aliphatic rings. The van der Waals surface area contributed by atoms with Gasteiger partial charge in [-0.25, -0.2) is 0 Å². The molecule has 0 amide bonds. The maximum atomic E-state index is 2.41. The zero-order valence-electron chi connectivity index (χ0n) is 14.5. The van der Waals surface area contributed by atoms with Gasteiger partial charge in [-0.2, -0.15) is 0 Å². The number of benzene rings is 1. The van der Waals surface area contributed by atoms with E-state index >= 15 is 0 Å². The van der Waals surface area contributed by atoms with Crippen LogP contribution >= 0.6 is 0 Å². The molecular formula is C19H30N2. The first-order valence-electron chi connectivity index (χ1n) is 8.26. The highest BCUT2D eigenvalue weighted by atomic mass is 15.2. The summed E-state index contributed by atoms with van der Waals surface area (Å²) in [5.41, 5.74) is 4.73. The Labute approximate surface area is 129 Å². The van der Waals surface area contributed by atoms with Gasteiger partial charge in [-0.15, -0.1) is 0 Å². The van der Waals surface area contributed by atoms with Gasteiger partial charge in [-0.05, 0) is 70.5 Å². The third-order valence-corrected chi connectivity index (χ3v) is 4.80. The lowest BCUT2D eigenvalue weighted by Gasteiger charge is -2.33. The Bertz CT molecular complexity index is 605. The molecule has 2 aromatic rings. The molecule has 0 radical (unpaired) electrons. The van der Waals surface area contributed by atoms with Crippen LogP contribution in [0.1, 0.15) is 45.2 Å². The SMILES string of the molecule is CC.CN(C)C(C)(C)Cn1ccc2c3c(ccc21)CCC3. The molecule has 0 fully saturated rings. The molecule has 2 heteroatoms. The lowest BCUT2D eigenvalue weighted by atomic mass is 10.0. The minimum Gasteiger partial charge on any atom is -0.346 e. The van der Waals surface area contributed by atoms with Crippen LogP contribution in [-0.2, 0) is 19.4 Å². The van der Waals surface area contributed by atoms with Gasteiger partial charge >= 0.3 is 0 Å². The fourth-order valence-corrected chi connectivity index (χ4v) is 3.06. The molecule has 0 spiro atoms. The van der Waals surface area contributed by atoms with Crippen molar-refractivity contribution >= 4 is 10.9 Å². The number of fused-ring (bicyclic) bond motifs is 3. The molecule has 0 atom stereocenters. The molecule has 0 saturated heterocycles. The van der Waals surface area contributed by atoms with Crippen LogP contribution in [0.5, 0.6) is 0 Å². The molecule has 1 aliphatic carbocycles. The van der Waals surface area contributed by atoms with E-state index in [0.717, 1.165) is 6.54 Å². The Hall–Kier alpha value is -1.28. The molecule has 0 unspecified atom stereocenters. The summed E-state index contributed by atoms with van der Waals surface area (Å²) in [6.45, 7) is 9.63. The van der Waals surface area contributed by atoms with Gasteiger partial charge in [0.2, 0.25) is 0 Å². The van der Waals surface area contributed by atoms with Gasteiger partial charge in [0.05, 0.1) is 0 Å². The first-order chi connectivity index (χ1) is 9.99. The van der Waals surface area contributed by atoms with Crippen molar-refractivity contribution in [1.29, 1.82) is 0 Å². The van der Waals surface area contributed by atoms with Crippen LogP contribution in [0.15, 0.2) is 24.4 Å². The molecular weight excluding hydrogens is 256 g/mol. The standard InChI is InChI=1S/C17H24N2.C2H6/c1-17(2,18(3)4)12-19-11-10-15-14-7-5-6-13(14)8-9-16(15)19;1-2/h8-11H,5-7,12H2,1-4H3;1-2H3. The van der Waals surface area contributed by atoms with Gasteiger partial charge in [0, 0.05) is 29.2 Å². The number of hydrogen-bond acceptors (Lipinski definition) is 1. The van der Waals surface area contributed by atoms with Crippen molar-refractivity contribution in [3.05, 3.63) is 35.5 Å². The predicted octanol–water partition coefficient (Wildman–Crippen LogP) is 4.50. The van der Waals surface area contributed by atoms with Crippen LogP contribution in [-0.4, -0.2) is 29.1 Å². The predicted molar refractivity (Wildman–Crippen MR) is 93.1 cm³/mol. The van der Waals surface area contributed by atoms with E-state index in [1.54, 1.807) is 11.1 Å². The highest BCUT2D eigenvalue weighted by molar-refractivity contribution is 5.85. The lowest BCUT2D eigenvalue weighted by molar-refractivity contribution is 0.171. The van der Waals surface area contributed by atoms with Crippen LogP contribution < -0.4 is 0 Å². The van der Waals surface area contributed by atoms with Crippen molar-refractivity contribution in [3.63, 3.8) is 0 Å². The first-order valence-corrected chi connectivity index (χ1v) is 8.26. The van der Waals surface area contributed by atoms with E-state index in [2.05, 4.69) is 61.8 Å². The number of aryl methyl sites for hydroxylation is 2. The monoisotopic (exact) mass is 286 g/mol. The summed E-state index contributed by atoms with van der Waals surface area (Å²) in [6, 6.07) is 6.96. The average molecular weight is 286 g/mol. The maximum Gasteiger partial charge on any atom is 0.0483 e. The van der Waals surface area contributed by atoms with Crippen LogP contribution in [0, 0.1) is 0 Å². The summed E-state index contributed by atoms with van der Waals surface area (Å²) in [4.78, 5) is 2.30. The lowest BCUT2D eigenvalue weighted by Crippen LogP contribution is -2.41. The van der Waals surface area contributed by atoms with Crippen LogP contribution in [0.25, 0.3) is 10.9 Å². The number of rotatable bonds is 3. The largest absolute Gasteiger partial charge is 0.346 e. The number of hydrogen-bond donors (Lipinski definition) is 0. The van der Waals surface area contributed by atoms with E-state index in [0.29, 0.717) is 0 Å². The molecule has 0 N–H and O–H groups in total. The van der Waals surface area contributed by atoms with Gasteiger partial charge in [-0.1, -0.05) is 19.9 Å². The van der Waals surface area contributed by atoms with Crippen molar-refractivity contribution in [2.45, 2.75) is 59.0 Å². The van der Waals surface area contributed by atoms with Crippen LogP contribution in [0.4, 0.5) is 0 Å². The highest BCUT2D eigenvalue weighted by Gasteiger charge is 2.22. The molecule has 1 aromatic carbocycles. The average Bonchev–Trinajstić information content (AvgIpc) is 3.06. The number of nitrogens with zero attached hydrogens (tertiary/aromatic N) is 2. The van der Waals surface area contributed by atoms with Crippen molar-refractivity contribution in [2.75, 3.05) is 14.1 Å². The van der Waals surface area contributed by atoms with Crippen molar-refractivity contribution in [2.24, 2.45) is 0 Å². The Balaban J connectivity index is 0.000000774. The van der Waals surface area contributed by atoms with E-state index < -0.39 is 0 Å². The third kappa shape index (κ3) is 3.01. The van der Waals surface area contributed by atoms with Crippen molar-refractivity contribution in [1.82, 2.24) is 9.47 Å². The second-order valence-electron chi connectivity index (χ2n) is 6.64. The Morgan fingerprint density at radius 3 is 2.48 bits per heavy atom. The molecule has 1 heterocycles. The van der Waals surface area contributed by atoms with Gasteiger partial charge in [0.15, 0.2) is 0 Å². The summed E-state index contributed by atoms with van der Waals surface area (Å²) in [5, 5.41) is 1.48. The van der Waals surface area contributed by atoms with E-state index in [1.165, 1.54) is 30.2 Å². The summed E-state index contributed by atoms with van der Waals surface area (Å²) in [6.07, 6.45) is 6.10. The summed E-state index contributed by atoms with van der Waals surface area (Å²) in [7, 11) is 4.31. The summed E-state index contributed by atoms with van der Waals surface area (Å²) in [5.74, 6) is 0.